The van der Waals surface area contributed by atoms with Crippen molar-refractivity contribution in [2.24, 2.45) is 0 Å². The fourth-order valence-corrected chi connectivity index (χ4v) is 4.73. The van der Waals surface area contributed by atoms with Crippen LogP contribution in [0.4, 0.5) is 0 Å². The van der Waals surface area contributed by atoms with Crippen molar-refractivity contribution in [2.75, 3.05) is 0 Å². The van der Waals surface area contributed by atoms with E-state index < -0.39 is 10.0 Å². The quantitative estimate of drug-likeness (QED) is 0.889. The molecule has 0 amide bonds. The van der Waals surface area contributed by atoms with E-state index in [9.17, 15) is 8.42 Å². The number of hydrogen-bond donors (Lipinski definition) is 2. The highest BCUT2D eigenvalue weighted by Crippen LogP contribution is 2.22. The first-order valence-corrected chi connectivity index (χ1v) is 8.48. The van der Waals surface area contributed by atoms with Crippen molar-refractivity contribution >= 4 is 32.7 Å². The second-order valence-corrected chi connectivity index (χ2v) is 7.45. The van der Waals surface area contributed by atoms with E-state index in [0.717, 1.165) is 10.4 Å². The molecular weight excluding hydrogens is 290 g/mol. The van der Waals surface area contributed by atoms with Gasteiger partial charge in [-0.25, -0.2) is 13.1 Å². The molecule has 0 fully saturated rings. The van der Waals surface area contributed by atoms with Gasteiger partial charge in [0.1, 0.15) is 0 Å². The topological polar surface area (TPSA) is 66.4 Å². The van der Waals surface area contributed by atoms with Crippen molar-refractivity contribution < 1.29 is 13.5 Å². The normalized spacial score (nSPS) is 11.9. The Labute approximate surface area is 114 Å². The Morgan fingerprint density at radius 2 is 1.89 bits per heavy atom. The summed E-state index contributed by atoms with van der Waals surface area (Å²) in [5.41, 5.74) is 1.08. The summed E-state index contributed by atoms with van der Waals surface area (Å²) in [7, 11) is -3.55. The molecule has 2 rings (SSSR count). The highest BCUT2D eigenvalue weighted by atomic mass is 32.2. The molecule has 0 saturated carbocycles. The van der Waals surface area contributed by atoms with Gasteiger partial charge in [-0.3, -0.25) is 0 Å². The smallest absolute Gasteiger partial charge is 0.242 e. The minimum atomic E-state index is -3.55. The van der Waals surface area contributed by atoms with E-state index in [1.807, 2.05) is 18.4 Å². The zero-order valence-electron chi connectivity index (χ0n) is 9.71. The third kappa shape index (κ3) is 2.81. The molecule has 0 spiro atoms. The van der Waals surface area contributed by atoms with Gasteiger partial charge in [0, 0.05) is 16.3 Å². The van der Waals surface area contributed by atoms with Crippen molar-refractivity contribution in [3.05, 3.63) is 38.2 Å². The molecule has 18 heavy (non-hydrogen) atoms. The lowest BCUT2D eigenvalue weighted by atomic mass is 10.3. The number of aryl methyl sites for hydroxylation is 1. The van der Waals surface area contributed by atoms with Crippen LogP contribution in [0.2, 0.25) is 0 Å². The molecule has 4 nitrogen and oxygen atoms in total. The van der Waals surface area contributed by atoms with Gasteiger partial charge in [-0.15, -0.1) is 22.7 Å². The van der Waals surface area contributed by atoms with E-state index >= 15 is 0 Å². The number of thiophene rings is 2. The molecule has 0 aliphatic heterocycles. The summed E-state index contributed by atoms with van der Waals surface area (Å²) in [5, 5.41) is 12.7. The molecule has 0 aromatic carbocycles. The second-order valence-electron chi connectivity index (χ2n) is 3.72. The molecule has 0 saturated heterocycles. The molecule has 7 heteroatoms. The zero-order valence-corrected chi connectivity index (χ0v) is 12.2. The average molecular weight is 303 g/mol. The van der Waals surface area contributed by atoms with Gasteiger partial charge in [-0.2, -0.15) is 0 Å². The van der Waals surface area contributed by atoms with Crippen molar-refractivity contribution in [3.63, 3.8) is 0 Å². The predicted octanol–water partition coefficient (Wildman–Crippen LogP) is 2.09. The van der Waals surface area contributed by atoms with Crippen molar-refractivity contribution in [1.29, 1.82) is 0 Å². The Morgan fingerprint density at radius 3 is 2.50 bits per heavy atom. The van der Waals surface area contributed by atoms with Crippen LogP contribution in [0.25, 0.3) is 0 Å². The SMILES string of the molecule is Cc1ccsc1CNS(=O)(=O)c1ccsc1CO. The molecule has 2 aromatic heterocycles. The molecule has 0 radical (unpaired) electrons. The van der Waals surface area contributed by atoms with Gasteiger partial charge >= 0.3 is 0 Å². The van der Waals surface area contributed by atoms with Gasteiger partial charge in [0.2, 0.25) is 10.0 Å². The third-order valence-electron chi connectivity index (χ3n) is 2.53. The van der Waals surface area contributed by atoms with Gasteiger partial charge in [-0.1, -0.05) is 0 Å². The lowest BCUT2D eigenvalue weighted by Crippen LogP contribution is -2.23. The van der Waals surface area contributed by atoms with Crippen LogP contribution in [0.15, 0.2) is 27.8 Å². The van der Waals surface area contributed by atoms with E-state index in [1.54, 1.807) is 5.38 Å². The second kappa shape index (κ2) is 5.50. The number of aliphatic hydroxyl groups is 1. The van der Waals surface area contributed by atoms with E-state index in [4.69, 9.17) is 5.11 Å². The van der Waals surface area contributed by atoms with Crippen molar-refractivity contribution in [3.8, 4) is 0 Å². The van der Waals surface area contributed by atoms with Crippen LogP contribution in [-0.2, 0) is 23.2 Å². The van der Waals surface area contributed by atoms with Crippen molar-refractivity contribution in [1.82, 2.24) is 4.72 Å². The van der Waals surface area contributed by atoms with E-state index in [1.165, 1.54) is 28.7 Å². The number of aliphatic hydroxyl groups excluding tert-OH is 1. The van der Waals surface area contributed by atoms with Crippen LogP contribution in [0.3, 0.4) is 0 Å². The van der Waals surface area contributed by atoms with Gasteiger partial charge in [0.15, 0.2) is 0 Å². The first-order valence-electron chi connectivity index (χ1n) is 5.24. The molecule has 2 aromatic rings. The first kappa shape index (κ1) is 13.7. The molecule has 0 aliphatic rings. The molecule has 0 aliphatic carbocycles. The minimum absolute atomic E-state index is 0.171. The van der Waals surface area contributed by atoms with Crippen molar-refractivity contribution in [2.45, 2.75) is 25.0 Å². The molecule has 0 bridgehead atoms. The molecule has 0 unspecified atom stereocenters. The minimum Gasteiger partial charge on any atom is -0.391 e. The molecular formula is C11H13NO3S3. The summed E-state index contributed by atoms with van der Waals surface area (Å²) in [6, 6.07) is 3.47. The Morgan fingerprint density at radius 1 is 1.22 bits per heavy atom. The summed E-state index contributed by atoms with van der Waals surface area (Å²) < 4.78 is 26.7. The summed E-state index contributed by atoms with van der Waals surface area (Å²) in [5.74, 6) is 0. The Kier molecular flexibility index (Phi) is 4.18. The van der Waals surface area contributed by atoms with Gasteiger partial charge < -0.3 is 5.11 Å². The molecule has 98 valence electrons. The van der Waals surface area contributed by atoms with Crippen LogP contribution >= 0.6 is 22.7 Å². The monoisotopic (exact) mass is 303 g/mol. The lowest BCUT2D eigenvalue weighted by molar-refractivity contribution is 0.282. The van der Waals surface area contributed by atoms with Crippen LogP contribution in [-0.4, -0.2) is 13.5 Å². The predicted molar refractivity (Wildman–Crippen MR) is 73.3 cm³/mol. The third-order valence-corrected chi connectivity index (χ3v) is 6.07. The Balaban J connectivity index is 2.16. The zero-order chi connectivity index (χ0) is 13.2. The summed E-state index contributed by atoms with van der Waals surface area (Å²) >= 11 is 2.76. The Bertz CT molecular complexity index is 628. The van der Waals surface area contributed by atoms with Crippen LogP contribution in [0, 0.1) is 6.92 Å². The van der Waals surface area contributed by atoms with Crippen LogP contribution < -0.4 is 4.72 Å². The van der Waals surface area contributed by atoms with Gasteiger partial charge in [0.25, 0.3) is 0 Å². The number of hydrogen-bond acceptors (Lipinski definition) is 5. The number of nitrogens with one attached hydrogen (secondary N) is 1. The summed E-state index contributed by atoms with van der Waals surface area (Å²) in [6.07, 6.45) is 0. The summed E-state index contributed by atoms with van der Waals surface area (Å²) in [6.45, 7) is 1.97. The highest BCUT2D eigenvalue weighted by Gasteiger charge is 2.19. The van der Waals surface area contributed by atoms with Crippen LogP contribution in [0.1, 0.15) is 15.3 Å². The van der Waals surface area contributed by atoms with Gasteiger partial charge in [-0.05, 0) is 35.4 Å². The lowest BCUT2D eigenvalue weighted by Gasteiger charge is -2.06. The van der Waals surface area contributed by atoms with E-state index in [-0.39, 0.29) is 18.0 Å². The van der Waals surface area contributed by atoms with Gasteiger partial charge in [0.05, 0.1) is 11.5 Å². The van der Waals surface area contributed by atoms with Crippen LogP contribution in [0.5, 0.6) is 0 Å². The molecule has 2 heterocycles. The Hall–Kier alpha value is -0.730. The molecule has 2 N–H and O–H groups in total. The highest BCUT2D eigenvalue weighted by molar-refractivity contribution is 7.89. The summed E-state index contributed by atoms with van der Waals surface area (Å²) in [4.78, 5) is 1.63. The first-order chi connectivity index (χ1) is 8.54. The average Bonchev–Trinajstić information content (AvgIpc) is 2.95. The maximum Gasteiger partial charge on any atom is 0.242 e. The van der Waals surface area contributed by atoms with E-state index in [0.29, 0.717) is 4.88 Å². The largest absolute Gasteiger partial charge is 0.391 e. The standard InChI is InChI=1S/C11H13NO3S3/c1-8-2-4-16-9(8)6-12-18(14,15)11-3-5-17-10(11)7-13/h2-5,12-13H,6-7H2,1H3. The maximum absolute atomic E-state index is 12.1. The number of rotatable bonds is 5. The fraction of sp³-hybridized carbons (Fsp3) is 0.273. The van der Waals surface area contributed by atoms with E-state index in [2.05, 4.69) is 4.72 Å². The fourth-order valence-electron chi connectivity index (χ4n) is 1.51. The molecule has 0 atom stereocenters. The number of sulfonamides is 1. The maximum atomic E-state index is 12.1.